The molecule has 0 unspecified atom stereocenters. The van der Waals surface area contributed by atoms with Crippen LogP contribution in [0.25, 0.3) is 10.6 Å². The lowest BCUT2D eigenvalue weighted by Gasteiger charge is -2.00. The molecular weight excluding hydrogens is 376 g/mol. The summed E-state index contributed by atoms with van der Waals surface area (Å²) < 4.78 is 5.59. The van der Waals surface area contributed by atoms with E-state index in [9.17, 15) is 4.79 Å². The van der Waals surface area contributed by atoms with E-state index in [-0.39, 0.29) is 5.91 Å². The minimum absolute atomic E-state index is 0.111. The fourth-order valence-corrected chi connectivity index (χ4v) is 4.15. The van der Waals surface area contributed by atoms with Gasteiger partial charge in [-0.05, 0) is 12.1 Å². The average molecular weight is 387 g/mol. The van der Waals surface area contributed by atoms with Gasteiger partial charge in [-0.25, -0.2) is 4.98 Å². The van der Waals surface area contributed by atoms with Gasteiger partial charge in [0.15, 0.2) is 11.0 Å². The summed E-state index contributed by atoms with van der Waals surface area (Å²) in [5.41, 5.74) is 0.817. The molecule has 0 aliphatic heterocycles. The number of thiazole rings is 1. The molecule has 0 atom stereocenters. The number of anilines is 1. The number of nitrogens with one attached hydrogen (secondary N) is 1. The summed E-state index contributed by atoms with van der Waals surface area (Å²) >= 11 is 10.2. The maximum absolute atomic E-state index is 11.9. The summed E-state index contributed by atoms with van der Waals surface area (Å²) in [6, 6.07) is 3.74. The largest absolute Gasteiger partial charge is 0.340 e. The third-order valence-electron chi connectivity index (χ3n) is 2.61. The molecule has 0 aliphatic rings. The van der Waals surface area contributed by atoms with E-state index in [1.54, 1.807) is 6.92 Å². The number of thioether (sulfide) groups is 1. The lowest BCUT2D eigenvalue weighted by atomic mass is 10.4. The van der Waals surface area contributed by atoms with E-state index in [1.807, 2.05) is 17.5 Å². The molecule has 0 fully saturated rings. The fraction of sp³-hybridized carbons (Fsp3) is 0.231. The standard InChI is InChI=1S/C13H11ClN4O2S3/c1-7-15-11(18-20-7)5-21-6-12(19)17-13-16-8(4-22-13)9-2-3-10(14)23-9/h2-4H,5-6H2,1H3,(H,16,17,19). The Morgan fingerprint density at radius 3 is 3.00 bits per heavy atom. The van der Waals surface area contributed by atoms with Crippen LogP contribution in [0.3, 0.4) is 0 Å². The second kappa shape index (κ2) is 7.43. The van der Waals surface area contributed by atoms with E-state index >= 15 is 0 Å². The fourth-order valence-electron chi connectivity index (χ4n) is 1.69. The van der Waals surface area contributed by atoms with Gasteiger partial charge in [0, 0.05) is 12.3 Å². The number of hydrogen-bond donors (Lipinski definition) is 1. The van der Waals surface area contributed by atoms with Gasteiger partial charge in [0.25, 0.3) is 0 Å². The van der Waals surface area contributed by atoms with E-state index in [2.05, 4.69) is 20.4 Å². The Balaban J connectivity index is 1.49. The maximum atomic E-state index is 11.9. The minimum atomic E-state index is -0.111. The van der Waals surface area contributed by atoms with Crippen LogP contribution in [0.5, 0.6) is 0 Å². The number of halogens is 1. The number of hydrogen-bond acceptors (Lipinski definition) is 8. The van der Waals surface area contributed by atoms with Crippen molar-refractivity contribution in [2.24, 2.45) is 0 Å². The van der Waals surface area contributed by atoms with Crippen molar-refractivity contribution in [1.29, 1.82) is 0 Å². The molecule has 23 heavy (non-hydrogen) atoms. The Bertz CT molecular complexity index is 814. The van der Waals surface area contributed by atoms with E-state index < -0.39 is 0 Å². The summed E-state index contributed by atoms with van der Waals surface area (Å²) in [5, 5.41) is 9.03. The number of carbonyl (C=O) groups excluding carboxylic acids is 1. The quantitative estimate of drug-likeness (QED) is 0.687. The molecule has 0 saturated heterocycles. The first-order valence-corrected chi connectivity index (χ1v) is 9.71. The van der Waals surface area contributed by atoms with Crippen LogP contribution in [0.1, 0.15) is 11.7 Å². The van der Waals surface area contributed by atoms with Crippen LogP contribution in [-0.2, 0) is 10.5 Å². The number of thiophene rings is 1. The molecular formula is C13H11ClN4O2S3. The molecule has 0 aromatic carbocycles. The third kappa shape index (κ3) is 4.54. The summed E-state index contributed by atoms with van der Waals surface area (Å²) in [4.78, 5) is 21.4. The monoisotopic (exact) mass is 386 g/mol. The normalized spacial score (nSPS) is 10.9. The summed E-state index contributed by atoms with van der Waals surface area (Å²) in [7, 11) is 0. The number of aryl methyl sites for hydroxylation is 1. The van der Waals surface area contributed by atoms with Gasteiger partial charge in [0.1, 0.15) is 0 Å². The second-order valence-corrected chi connectivity index (χ2v) is 7.97. The van der Waals surface area contributed by atoms with E-state index in [1.165, 1.54) is 34.4 Å². The first-order valence-electron chi connectivity index (χ1n) is 6.48. The Labute approximate surface area is 149 Å². The lowest BCUT2D eigenvalue weighted by molar-refractivity contribution is -0.113. The number of rotatable bonds is 6. The third-order valence-corrected chi connectivity index (χ3v) is 5.55. The van der Waals surface area contributed by atoms with Crippen molar-refractivity contribution >= 4 is 57.1 Å². The Hall–Kier alpha value is -1.42. The highest BCUT2D eigenvalue weighted by Gasteiger charge is 2.10. The van der Waals surface area contributed by atoms with Crippen molar-refractivity contribution in [3.8, 4) is 10.6 Å². The van der Waals surface area contributed by atoms with Gasteiger partial charge < -0.3 is 9.84 Å². The molecule has 120 valence electrons. The Morgan fingerprint density at radius 1 is 1.43 bits per heavy atom. The average Bonchev–Trinajstić information content (AvgIpc) is 3.21. The van der Waals surface area contributed by atoms with Crippen LogP contribution in [-0.4, -0.2) is 26.8 Å². The van der Waals surface area contributed by atoms with Gasteiger partial charge >= 0.3 is 0 Å². The molecule has 0 bridgehead atoms. The molecule has 0 spiro atoms. The number of amides is 1. The van der Waals surface area contributed by atoms with Crippen LogP contribution in [0.4, 0.5) is 5.13 Å². The van der Waals surface area contributed by atoms with Crippen molar-refractivity contribution in [2.45, 2.75) is 12.7 Å². The predicted molar refractivity (Wildman–Crippen MR) is 94.3 cm³/mol. The number of nitrogens with zero attached hydrogens (tertiary/aromatic N) is 3. The van der Waals surface area contributed by atoms with E-state index in [0.717, 1.165) is 10.6 Å². The zero-order chi connectivity index (χ0) is 16.2. The molecule has 0 saturated carbocycles. The van der Waals surface area contributed by atoms with Crippen LogP contribution >= 0.6 is 46.0 Å². The van der Waals surface area contributed by atoms with Gasteiger partial charge in [-0.15, -0.1) is 34.4 Å². The van der Waals surface area contributed by atoms with Gasteiger partial charge in [-0.3, -0.25) is 4.79 Å². The van der Waals surface area contributed by atoms with Gasteiger partial charge in [-0.1, -0.05) is 16.8 Å². The molecule has 1 N–H and O–H groups in total. The maximum Gasteiger partial charge on any atom is 0.236 e. The highest BCUT2D eigenvalue weighted by Crippen LogP contribution is 2.32. The summed E-state index contributed by atoms with van der Waals surface area (Å²) in [6.07, 6.45) is 0. The molecule has 3 rings (SSSR count). The topological polar surface area (TPSA) is 80.9 Å². The van der Waals surface area contributed by atoms with Gasteiger partial charge in [0.2, 0.25) is 11.8 Å². The van der Waals surface area contributed by atoms with Crippen molar-refractivity contribution in [3.63, 3.8) is 0 Å². The van der Waals surface area contributed by atoms with Crippen LogP contribution in [0, 0.1) is 6.92 Å². The van der Waals surface area contributed by atoms with Crippen LogP contribution in [0.2, 0.25) is 4.34 Å². The summed E-state index contributed by atoms with van der Waals surface area (Å²) in [5.74, 6) is 1.83. The van der Waals surface area contributed by atoms with Crippen molar-refractivity contribution < 1.29 is 9.32 Å². The SMILES string of the molecule is Cc1nc(CSCC(=O)Nc2nc(-c3ccc(Cl)s3)cs2)no1. The molecule has 3 aromatic rings. The van der Waals surface area contributed by atoms with E-state index in [0.29, 0.717) is 32.7 Å². The molecule has 6 nitrogen and oxygen atoms in total. The number of carbonyl (C=O) groups is 1. The predicted octanol–water partition coefficient (Wildman–Crippen LogP) is 4.09. The molecule has 1 amide bonds. The van der Waals surface area contributed by atoms with Crippen molar-refractivity contribution in [2.75, 3.05) is 11.1 Å². The molecule has 0 radical (unpaired) electrons. The molecule has 0 aliphatic carbocycles. The highest BCUT2D eigenvalue weighted by atomic mass is 35.5. The van der Waals surface area contributed by atoms with Crippen molar-refractivity contribution in [3.05, 3.63) is 33.6 Å². The first kappa shape index (κ1) is 16.4. The number of aromatic nitrogens is 3. The van der Waals surface area contributed by atoms with Crippen LogP contribution in [0.15, 0.2) is 22.0 Å². The lowest BCUT2D eigenvalue weighted by Crippen LogP contribution is -2.14. The Morgan fingerprint density at radius 2 is 2.30 bits per heavy atom. The van der Waals surface area contributed by atoms with Crippen molar-refractivity contribution in [1.82, 2.24) is 15.1 Å². The zero-order valence-corrected chi connectivity index (χ0v) is 15.1. The zero-order valence-electron chi connectivity index (χ0n) is 11.9. The van der Waals surface area contributed by atoms with Crippen LogP contribution < -0.4 is 5.32 Å². The van der Waals surface area contributed by atoms with Gasteiger partial charge in [-0.2, -0.15) is 4.98 Å². The minimum Gasteiger partial charge on any atom is -0.340 e. The summed E-state index contributed by atoms with van der Waals surface area (Å²) in [6.45, 7) is 1.73. The Kier molecular flexibility index (Phi) is 5.31. The first-order chi connectivity index (χ1) is 11.1. The smallest absolute Gasteiger partial charge is 0.236 e. The molecule has 3 heterocycles. The van der Waals surface area contributed by atoms with E-state index in [4.69, 9.17) is 16.1 Å². The van der Waals surface area contributed by atoms with Gasteiger partial charge in [0.05, 0.1) is 26.4 Å². The molecule has 3 aromatic heterocycles. The highest BCUT2D eigenvalue weighted by molar-refractivity contribution is 7.99. The second-order valence-electron chi connectivity index (χ2n) is 4.41. The molecule has 10 heteroatoms.